The second-order valence-corrected chi connectivity index (χ2v) is 8.48. The lowest BCUT2D eigenvalue weighted by atomic mass is 10.2. The number of sulfone groups is 1. The molecule has 1 aromatic heterocycles. The summed E-state index contributed by atoms with van der Waals surface area (Å²) in [5.74, 6) is 0.774. The highest BCUT2D eigenvalue weighted by atomic mass is 32.2. The van der Waals surface area contributed by atoms with Crippen molar-refractivity contribution in [1.29, 1.82) is 0 Å². The summed E-state index contributed by atoms with van der Waals surface area (Å²) in [7, 11) is 0.482. The topological polar surface area (TPSA) is 88.6 Å². The zero-order chi connectivity index (χ0) is 18.7. The van der Waals surface area contributed by atoms with Gasteiger partial charge in [0.05, 0.1) is 30.5 Å². The van der Waals surface area contributed by atoms with Crippen molar-refractivity contribution in [2.45, 2.75) is 12.5 Å². The van der Waals surface area contributed by atoms with Gasteiger partial charge in [-0.3, -0.25) is 4.79 Å². The van der Waals surface area contributed by atoms with Crippen LogP contribution >= 0.6 is 0 Å². The summed E-state index contributed by atoms with van der Waals surface area (Å²) in [6.45, 7) is 0. The van der Waals surface area contributed by atoms with Crippen molar-refractivity contribution in [2.24, 2.45) is 0 Å². The van der Waals surface area contributed by atoms with Crippen LogP contribution in [0.2, 0.25) is 0 Å². The van der Waals surface area contributed by atoms with Crippen molar-refractivity contribution in [3.8, 4) is 5.75 Å². The highest BCUT2D eigenvalue weighted by Crippen LogP contribution is 2.22. The Morgan fingerprint density at radius 3 is 2.50 bits per heavy atom. The first-order chi connectivity index (χ1) is 12.4. The molecule has 2 heterocycles. The van der Waals surface area contributed by atoms with Crippen LogP contribution in [0.5, 0.6) is 5.75 Å². The quantitative estimate of drug-likeness (QED) is 0.859. The number of methoxy groups -OCH3 is 1. The van der Waals surface area contributed by atoms with Gasteiger partial charge in [0, 0.05) is 18.8 Å². The Morgan fingerprint density at radius 1 is 1.23 bits per heavy atom. The molecule has 1 fully saturated rings. The zero-order valence-corrected chi connectivity index (χ0v) is 15.5. The number of carbonyl (C=O) groups is 1. The van der Waals surface area contributed by atoms with Crippen molar-refractivity contribution in [2.75, 3.05) is 35.9 Å². The Labute approximate surface area is 152 Å². The summed E-state index contributed by atoms with van der Waals surface area (Å²) in [5, 5.41) is 2.77. The van der Waals surface area contributed by atoms with E-state index in [1.165, 1.54) is 0 Å². The fraction of sp³-hybridized carbons (Fsp3) is 0.333. The maximum Gasteiger partial charge on any atom is 0.274 e. The van der Waals surface area contributed by atoms with E-state index in [4.69, 9.17) is 4.74 Å². The zero-order valence-electron chi connectivity index (χ0n) is 14.7. The molecule has 1 atom stereocenters. The third kappa shape index (κ3) is 4.13. The van der Waals surface area contributed by atoms with Crippen molar-refractivity contribution in [3.63, 3.8) is 0 Å². The Morgan fingerprint density at radius 2 is 1.96 bits per heavy atom. The molecule has 1 N–H and O–H groups in total. The van der Waals surface area contributed by atoms with Gasteiger partial charge in [0.2, 0.25) is 0 Å². The molecule has 0 radical (unpaired) electrons. The molecule has 1 aromatic carbocycles. The number of carbonyl (C=O) groups excluding carboxylic acids is 1. The van der Waals surface area contributed by atoms with Crippen LogP contribution in [-0.4, -0.2) is 51.0 Å². The van der Waals surface area contributed by atoms with Crippen LogP contribution in [0.15, 0.2) is 42.6 Å². The number of hydrogen-bond donors (Lipinski definition) is 1. The highest BCUT2D eigenvalue weighted by Gasteiger charge is 2.30. The van der Waals surface area contributed by atoms with Gasteiger partial charge in [-0.1, -0.05) is 0 Å². The number of nitrogens with one attached hydrogen (secondary N) is 1. The maximum absolute atomic E-state index is 12.3. The molecule has 1 aliphatic rings. The number of pyridine rings is 1. The molecule has 7 nitrogen and oxygen atoms in total. The molecule has 138 valence electrons. The molecule has 0 saturated carbocycles. The predicted octanol–water partition coefficient (Wildman–Crippen LogP) is 1.97. The molecule has 0 spiro atoms. The van der Waals surface area contributed by atoms with Gasteiger partial charge >= 0.3 is 0 Å². The number of aromatic nitrogens is 1. The van der Waals surface area contributed by atoms with E-state index in [0.29, 0.717) is 17.9 Å². The monoisotopic (exact) mass is 375 g/mol. The highest BCUT2D eigenvalue weighted by molar-refractivity contribution is 7.91. The SMILES string of the molecule is COc1ccc(NC(=O)c2ccc(N(C)C3CCS(=O)(=O)C3)cn2)cc1. The van der Waals surface area contributed by atoms with Crippen LogP contribution < -0.4 is 15.0 Å². The van der Waals surface area contributed by atoms with Crippen LogP contribution in [-0.2, 0) is 9.84 Å². The second-order valence-electron chi connectivity index (χ2n) is 6.25. The van der Waals surface area contributed by atoms with E-state index in [1.54, 1.807) is 49.7 Å². The lowest BCUT2D eigenvalue weighted by Crippen LogP contribution is -2.32. The Balaban J connectivity index is 1.65. The van der Waals surface area contributed by atoms with E-state index >= 15 is 0 Å². The summed E-state index contributed by atoms with van der Waals surface area (Å²) in [6, 6.07) is 10.4. The van der Waals surface area contributed by atoms with E-state index < -0.39 is 9.84 Å². The summed E-state index contributed by atoms with van der Waals surface area (Å²) >= 11 is 0. The average molecular weight is 375 g/mol. The molecule has 1 aliphatic heterocycles. The number of amides is 1. The number of ether oxygens (including phenoxy) is 1. The van der Waals surface area contributed by atoms with Gasteiger partial charge in [0.1, 0.15) is 11.4 Å². The first-order valence-electron chi connectivity index (χ1n) is 8.23. The van der Waals surface area contributed by atoms with Gasteiger partial charge < -0.3 is 15.0 Å². The van der Waals surface area contributed by atoms with E-state index in [9.17, 15) is 13.2 Å². The smallest absolute Gasteiger partial charge is 0.274 e. The number of nitrogens with zero attached hydrogens (tertiary/aromatic N) is 2. The predicted molar refractivity (Wildman–Crippen MR) is 101 cm³/mol. The van der Waals surface area contributed by atoms with Gasteiger partial charge in [-0.05, 0) is 42.8 Å². The number of hydrogen-bond acceptors (Lipinski definition) is 6. The van der Waals surface area contributed by atoms with Crippen molar-refractivity contribution in [1.82, 2.24) is 4.98 Å². The lowest BCUT2D eigenvalue weighted by molar-refractivity contribution is 0.102. The molecule has 3 rings (SSSR count). The molecule has 8 heteroatoms. The second kappa shape index (κ2) is 7.33. The van der Waals surface area contributed by atoms with E-state index in [-0.39, 0.29) is 29.1 Å². The van der Waals surface area contributed by atoms with Crippen LogP contribution in [0, 0.1) is 0 Å². The first-order valence-corrected chi connectivity index (χ1v) is 10.0. The van der Waals surface area contributed by atoms with Crippen molar-refractivity contribution < 1.29 is 17.9 Å². The first kappa shape index (κ1) is 18.2. The number of benzene rings is 1. The molecule has 1 unspecified atom stereocenters. The Bertz CT molecular complexity index is 880. The third-order valence-corrected chi connectivity index (χ3v) is 6.24. The van der Waals surface area contributed by atoms with Gasteiger partial charge in [-0.2, -0.15) is 0 Å². The summed E-state index contributed by atoms with van der Waals surface area (Å²) in [6.07, 6.45) is 2.20. The average Bonchev–Trinajstić information content (AvgIpc) is 3.01. The molecular formula is C18H21N3O4S. The fourth-order valence-corrected chi connectivity index (χ4v) is 4.66. The van der Waals surface area contributed by atoms with Crippen molar-refractivity contribution in [3.05, 3.63) is 48.3 Å². The number of anilines is 2. The Hall–Kier alpha value is -2.61. The van der Waals surface area contributed by atoms with Gasteiger partial charge in [-0.25, -0.2) is 13.4 Å². The van der Waals surface area contributed by atoms with E-state index in [0.717, 1.165) is 5.69 Å². The summed E-state index contributed by atoms with van der Waals surface area (Å²) < 4.78 is 28.3. The molecular weight excluding hydrogens is 354 g/mol. The maximum atomic E-state index is 12.3. The third-order valence-electron chi connectivity index (χ3n) is 4.49. The van der Waals surface area contributed by atoms with Crippen LogP contribution in [0.1, 0.15) is 16.9 Å². The number of rotatable bonds is 5. The van der Waals surface area contributed by atoms with Gasteiger partial charge in [0.25, 0.3) is 5.91 Å². The molecule has 2 aromatic rings. The minimum absolute atomic E-state index is 0.0548. The minimum Gasteiger partial charge on any atom is -0.497 e. The minimum atomic E-state index is -2.94. The van der Waals surface area contributed by atoms with Crippen molar-refractivity contribution >= 4 is 27.1 Å². The van der Waals surface area contributed by atoms with Gasteiger partial charge in [0.15, 0.2) is 9.84 Å². The molecule has 26 heavy (non-hydrogen) atoms. The molecule has 1 amide bonds. The van der Waals surface area contributed by atoms with Crippen LogP contribution in [0.25, 0.3) is 0 Å². The largest absolute Gasteiger partial charge is 0.497 e. The Kier molecular flexibility index (Phi) is 5.13. The van der Waals surface area contributed by atoms with Crippen LogP contribution in [0.4, 0.5) is 11.4 Å². The molecule has 0 bridgehead atoms. The van der Waals surface area contributed by atoms with E-state index in [1.807, 2.05) is 11.9 Å². The lowest BCUT2D eigenvalue weighted by Gasteiger charge is -2.25. The van der Waals surface area contributed by atoms with Gasteiger partial charge in [-0.15, -0.1) is 0 Å². The van der Waals surface area contributed by atoms with Crippen LogP contribution in [0.3, 0.4) is 0 Å². The molecule has 0 aliphatic carbocycles. The standard InChI is InChI=1S/C18H21N3O4S/c1-21(15-9-10-26(23,24)12-15)14-5-8-17(19-11-14)18(22)20-13-3-6-16(25-2)7-4-13/h3-8,11,15H,9-10,12H2,1-2H3,(H,20,22). The summed E-state index contributed by atoms with van der Waals surface area (Å²) in [4.78, 5) is 18.4. The normalized spacial score (nSPS) is 18.3. The fourth-order valence-electron chi connectivity index (χ4n) is 2.89. The van der Waals surface area contributed by atoms with E-state index in [2.05, 4.69) is 10.3 Å². The summed E-state index contributed by atoms with van der Waals surface area (Å²) in [5.41, 5.74) is 1.72. The molecule has 1 saturated heterocycles.